The molecule has 0 saturated heterocycles. The predicted molar refractivity (Wildman–Crippen MR) is 117 cm³/mol. The summed E-state index contributed by atoms with van der Waals surface area (Å²) in [6.07, 6.45) is 0. The number of benzene rings is 2. The van der Waals surface area contributed by atoms with Gasteiger partial charge in [-0.3, -0.25) is 14.4 Å². The minimum Gasteiger partial charge on any atom is -0.296 e. The number of aromatic nitrogens is 2. The molecular formula is C19H20N4O3S3. The van der Waals surface area contributed by atoms with E-state index in [1.807, 2.05) is 13.8 Å². The highest BCUT2D eigenvalue weighted by Crippen LogP contribution is 2.26. The minimum atomic E-state index is -3.68. The zero-order chi connectivity index (χ0) is 21.0. The Balaban J connectivity index is 1.73. The number of rotatable bonds is 7. The summed E-state index contributed by atoms with van der Waals surface area (Å²) in [6.45, 7) is 3.91. The molecule has 0 bridgehead atoms. The molecule has 0 spiro atoms. The molecular weight excluding hydrogens is 428 g/mol. The van der Waals surface area contributed by atoms with Gasteiger partial charge in [0.25, 0.3) is 15.9 Å². The molecule has 0 aliphatic rings. The topological polar surface area (TPSA) is 92.3 Å². The first-order valence-electron chi connectivity index (χ1n) is 8.74. The van der Waals surface area contributed by atoms with E-state index >= 15 is 0 Å². The van der Waals surface area contributed by atoms with Crippen molar-refractivity contribution in [1.82, 2.24) is 10.2 Å². The van der Waals surface area contributed by atoms with Crippen LogP contribution in [0.4, 0.5) is 10.8 Å². The molecule has 0 aliphatic carbocycles. The van der Waals surface area contributed by atoms with Crippen LogP contribution < -0.4 is 9.62 Å². The van der Waals surface area contributed by atoms with E-state index in [2.05, 4.69) is 15.5 Å². The molecule has 1 aromatic heterocycles. The largest absolute Gasteiger partial charge is 0.296 e. The molecule has 0 unspecified atom stereocenters. The van der Waals surface area contributed by atoms with Crippen LogP contribution in [-0.4, -0.2) is 37.3 Å². The number of hydrogen-bond acceptors (Lipinski definition) is 7. The van der Waals surface area contributed by atoms with Crippen molar-refractivity contribution in [3.63, 3.8) is 0 Å². The molecule has 1 N–H and O–H groups in total. The summed E-state index contributed by atoms with van der Waals surface area (Å²) in [5.74, 6) is 0.549. The number of amides is 1. The number of anilines is 2. The molecule has 3 aromatic rings. The van der Waals surface area contributed by atoms with E-state index in [9.17, 15) is 13.2 Å². The molecule has 29 heavy (non-hydrogen) atoms. The number of nitrogens with zero attached hydrogens (tertiary/aromatic N) is 3. The lowest BCUT2D eigenvalue weighted by Gasteiger charge is -2.19. The van der Waals surface area contributed by atoms with Crippen LogP contribution in [0, 0.1) is 6.92 Å². The van der Waals surface area contributed by atoms with Crippen molar-refractivity contribution in [3.05, 3.63) is 59.7 Å². The van der Waals surface area contributed by atoms with Crippen LogP contribution >= 0.6 is 23.1 Å². The van der Waals surface area contributed by atoms with Crippen molar-refractivity contribution in [1.29, 1.82) is 0 Å². The lowest BCUT2D eigenvalue weighted by atomic mass is 10.2. The molecule has 0 aliphatic heterocycles. The third-order valence-corrected chi connectivity index (χ3v) is 7.72. The number of thioether (sulfide) groups is 1. The summed E-state index contributed by atoms with van der Waals surface area (Å²) in [6, 6.07) is 13.0. The van der Waals surface area contributed by atoms with Crippen molar-refractivity contribution in [2.75, 3.05) is 22.4 Å². The summed E-state index contributed by atoms with van der Waals surface area (Å²) < 4.78 is 27.6. The number of carbonyl (C=O) groups excluding carboxylic acids is 1. The van der Waals surface area contributed by atoms with Crippen LogP contribution in [0.1, 0.15) is 22.8 Å². The molecule has 0 atom stereocenters. The van der Waals surface area contributed by atoms with Crippen molar-refractivity contribution in [2.24, 2.45) is 0 Å². The van der Waals surface area contributed by atoms with Crippen LogP contribution in [0.2, 0.25) is 0 Å². The van der Waals surface area contributed by atoms with Crippen molar-refractivity contribution in [3.8, 4) is 0 Å². The fourth-order valence-corrected chi connectivity index (χ4v) is 5.28. The third-order valence-electron chi connectivity index (χ3n) is 4.07. The summed E-state index contributed by atoms with van der Waals surface area (Å²) >= 11 is 2.87. The summed E-state index contributed by atoms with van der Waals surface area (Å²) in [5, 5.41) is 11.1. The number of aryl methyl sites for hydroxylation is 1. The molecule has 7 nitrogen and oxygen atoms in total. The Morgan fingerprint density at radius 3 is 2.38 bits per heavy atom. The monoisotopic (exact) mass is 448 g/mol. The Bertz CT molecular complexity index is 1090. The van der Waals surface area contributed by atoms with Crippen molar-refractivity contribution >= 4 is 49.8 Å². The quantitative estimate of drug-likeness (QED) is 0.433. The Labute approximate surface area is 178 Å². The van der Waals surface area contributed by atoms with Crippen LogP contribution in [0.25, 0.3) is 0 Å². The SMILES string of the molecule is CCSc1nnc(NC(=O)c2ccc(N(C)S(=O)(=O)c3ccc(C)cc3)cc2)s1. The molecule has 1 amide bonds. The molecule has 0 saturated carbocycles. The van der Waals surface area contributed by atoms with Crippen LogP contribution in [0.5, 0.6) is 0 Å². The highest BCUT2D eigenvalue weighted by molar-refractivity contribution is 8.01. The van der Waals surface area contributed by atoms with Crippen molar-refractivity contribution in [2.45, 2.75) is 23.1 Å². The zero-order valence-electron chi connectivity index (χ0n) is 16.1. The van der Waals surface area contributed by atoms with Crippen LogP contribution in [0.15, 0.2) is 57.8 Å². The molecule has 2 aromatic carbocycles. The molecule has 0 fully saturated rings. The first-order chi connectivity index (χ1) is 13.8. The van der Waals surface area contributed by atoms with Gasteiger partial charge in [0.15, 0.2) is 4.34 Å². The van der Waals surface area contributed by atoms with Gasteiger partial charge in [0, 0.05) is 12.6 Å². The van der Waals surface area contributed by atoms with E-state index in [1.54, 1.807) is 60.3 Å². The lowest BCUT2D eigenvalue weighted by molar-refractivity contribution is 0.102. The molecule has 0 radical (unpaired) electrons. The fourth-order valence-electron chi connectivity index (χ4n) is 2.44. The number of sulfonamides is 1. The third kappa shape index (κ3) is 4.95. The summed E-state index contributed by atoms with van der Waals surface area (Å²) in [5.41, 5.74) is 1.84. The molecule has 152 valence electrons. The molecule has 3 rings (SSSR count). The first kappa shape index (κ1) is 21.3. The number of carbonyl (C=O) groups is 1. The highest BCUT2D eigenvalue weighted by Gasteiger charge is 2.21. The van der Waals surface area contributed by atoms with Gasteiger partial charge in [0.2, 0.25) is 5.13 Å². The van der Waals surface area contributed by atoms with Gasteiger partial charge in [0.05, 0.1) is 10.6 Å². The number of hydrogen-bond donors (Lipinski definition) is 1. The Morgan fingerprint density at radius 2 is 1.76 bits per heavy atom. The summed E-state index contributed by atoms with van der Waals surface area (Å²) in [4.78, 5) is 12.6. The molecule has 1 heterocycles. The van der Waals surface area contributed by atoms with E-state index in [1.165, 1.54) is 22.7 Å². The van der Waals surface area contributed by atoms with Crippen LogP contribution in [0.3, 0.4) is 0 Å². The molecule has 10 heteroatoms. The van der Waals surface area contributed by atoms with E-state index in [-0.39, 0.29) is 10.8 Å². The summed E-state index contributed by atoms with van der Waals surface area (Å²) in [7, 11) is -2.19. The Hall–Kier alpha value is -2.43. The minimum absolute atomic E-state index is 0.212. The standard InChI is InChI=1S/C19H20N4O3S3/c1-4-27-19-22-21-18(28-19)20-17(24)14-7-9-15(10-8-14)23(3)29(25,26)16-11-5-13(2)6-12-16/h5-12H,4H2,1-3H3,(H,20,21,24). The maximum absolute atomic E-state index is 12.8. The first-order valence-corrected chi connectivity index (χ1v) is 12.0. The second-order valence-corrected chi connectivity index (χ2v) is 10.6. The van der Waals surface area contributed by atoms with Gasteiger partial charge in [-0.25, -0.2) is 8.42 Å². The van der Waals surface area contributed by atoms with Crippen LogP contribution in [-0.2, 0) is 10.0 Å². The Morgan fingerprint density at radius 1 is 1.10 bits per heavy atom. The van der Waals surface area contributed by atoms with Gasteiger partial charge in [-0.1, -0.05) is 47.7 Å². The fraction of sp³-hybridized carbons (Fsp3) is 0.211. The van der Waals surface area contributed by atoms with Gasteiger partial charge >= 0.3 is 0 Å². The van der Waals surface area contributed by atoms with E-state index in [4.69, 9.17) is 0 Å². The van der Waals surface area contributed by atoms with Gasteiger partial charge in [-0.2, -0.15) is 0 Å². The normalized spacial score (nSPS) is 11.3. The van der Waals surface area contributed by atoms with E-state index in [0.717, 1.165) is 15.7 Å². The second kappa shape index (κ2) is 8.93. The lowest BCUT2D eigenvalue weighted by Crippen LogP contribution is -2.26. The van der Waals surface area contributed by atoms with Gasteiger partial charge < -0.3 is 0 Å². The maximum Gasteiger partial charge on any atom is 0.264 e. The average molecular weight is 449 g/mol. The zero-order valence-corrected chi connectivity index (χ0v) is 18.6. The van der Waals surface area contributed by atoms with E-state index < -0.39 is 10.0 Å². The number of nitrogens with one attached hydrogen (secondary N) is 1. The second-order valence-electron chi connectivity index (χ2n) is 6.09. The van der Waals surface area contributed by atoms with Gasteiger partial charge in [0.1, 0.15) is 0 Å². The highest BCUT2D eigenvalue weighted by atomic mass is 32.2. The average Bonchev–Trinajstić information content (AvgIpc) is 3.15. The maximum atomic E-state index is 12.8. The van der Waals surface area contributed by atoms with Crippen molar-refractivity contribution < 1.29 is 13.2 Å². The Kier molecular flexibility index (Phi) is 6.56. The predicted octanol–water partition coefficient (Wildman–Crippen LogP) is 4.04. The van der Waals surface area contributed by atoms with Gasteiger partial charge in [-0.05, 0) is 49.1 Å². The van der Waals surface area contributed by atoms with Gasteiger partial charge in [-0.15, -0.1) is 10.2 Å². The smallest absolute Gasteiger partial charge is 0.264 e. The van der Waals surface area contributed by atoms with E-state index in [0.29, 0.717) is 16.4 Å².